The summed E-state index contributed by atoms with van der Waals surface area (Å²) in [5, 5.41) is 0. The van der Waals surface area contributed by atoms with Gasteiger partial charge in [0.25, 0.3) is 0 Å². The second-order valence-electron chi connectivity index (χ2n) is 4.26. The largest absolute Gasteiger partial charge is 0.298 e. The number of carbonyl (C=O) groups is 1. The SMILES string of the molecule is CCc1ccc(-c2ccc(C)cc2C=O)cc1. The minimum absolute atomic E-state index is 0.759. The van der Waals surface area contributed by atoms with Crippen LogP contribution in [0.5, 0.6) is 0 Å². The van der Waals surface area contributed by atoms with Gasteiger partial charge in [0.15, 0.2) is 6.29 Å². The van der Waals surface area contributed by atoms with Crippen LogP contribution in [0.15, 0.2) is 42.5 Å². The zero-order valence-electron chi connectivity index (χ0n) is 10.2. The van der Waals surface area contributed by atoms with Gasteiger partial charge in [-0.1, -0.05) is 48.9 Å². The number of benzene rings is 2. The first-order valence-electron chi connectivity index (χ1n) is 5.89. The highest BCUT2D eigenvalue weighted by Gasteiger charge is 2.04. The molecular weight excluding hydrogens is 208 g/mol. The molecule has 0 aromatic heterocycles. The normalized spacial score (nSPS) is 10.2. The van der Waals surface area contributed by atoms with Gasteiger partial charge in [-0.25, -0.2) is 0 Å². The van der Waals surface area contributed by atoms with E-state index in [0.29, 0.717) is 0 Å². The molecule has 17 heavy (non-hydrogen) atoms. The Hall–Kier alpha value is -1.89. The number of rotatable bonds is 3. The molecule has 1 heteroatoms. The summed E-state index contributed by atoms with van der Waals surface area (Å²) in [5.74, 6) is 0. The topological polar surface area (TPSA) is 17.1 Å². The monoisotopic (exact) mass is 224 g/mol. The molecule has 2 aromatic rings. The summed E-state index contributed by atoms with van der Waals surface area (Å²) < 4.78 is 0. The fourth-order valence-corrected chi connectivity index (χ4v) is 1.96. The van der Waals surface area contributed by atoms with Crippen molar-refractivity contribution in [2.24, 2.45) is 0 Å². The molecule has 0 fully saturated rings. The minimum Gasteiger partial charge on any atom is -0.298 e. The predicted molar refractivity (Wildman–Crippen MR) is 71.4 cm³/mol. The molecule has 2 aromatic carbocycles. The summed E-state index contributed by atoms with van der Waals surface area (Å²) in [7, 11) is 0. The van der Waals surface area contributed by atoms with Crippen molar-refractivity contribution in [3.63, 3.8) is 0 Å². The maximum atomic E-state index is 11.1. The van der Waals surface area contributed by atoms with Crippen molar-refractivity contribution in [2.45, 2.75) is 20.3 Å². The Balaban J connectivity index is 2.48. The molecule has 0 spiro atoms. The van der Waals surface area contributed by atoms with E-state index in [1.165, 1.54) is 5.56 Å². The molecule has 0 N–H and O–H groups in total. The third kappa shape index (κ3) is 2.44. The first kappa shape index (κ1) is 11.6. The van der Waals surface area contributed by atoms with Crippen molar-refractivity contribution >= 4 is 6.29 Å². The van der Waals surface area contributed by atoms with Crippen LogP contribution in [0.4, 0.5) is 0 Å². The van der Waals surface area contributed by atoms with Crippen molar-refractivity contribution in [1.29, 1.82) is 0 Å². The molecule has 0 radical (unpaired) electrons. The van der Waals surface area contributed by atoms with Gasteiger partial charge in [0.05, 0.1) is 0 Å². The zero-order valence-corrected chi connectivity index (χ0v) is 10.2. The van der Waals surface area contributed by atoms with E-state index >= 15 is 0 Å². The van der Waals surface area contributed by atoms with Crippen molar-refractivity contribution in [2.75, 3.05) is 0 Å². The lowest BCUT2D eigenvalue weighted by Crippen LogP contribution is -1.89. The van der Waals surface area contributed by atoms with Crippen molar-refractivity contribution in [3.8, 4) is 11.1 Å². The van der Waals surface area contributed by atoms with Crippen molar-refractivity contribution in [1.82, 2.24) is 0 Å². The molecule has 0 aliphatic rings. The third-order valence-electron chi connectivity index (χ3n) is 3.01. The maximum absolute atomic E-state index is 11.1. The van der Waals surface area contributed by atoms with E-state index in [1.807, 2.05) is 25.1 Å². The molecule has 0 bridgehead atoms. The van der Waals surface area contributed by atoms with Gasteiger partial charge in [0, 0.05) is 5.56 Å². The highest BCUT2D eigenvalue weighted by atomic mass is 16.1. The van der Waals surface area contributed by atoms with Crippen molar-refractivity contribution in [3.05, 3.63) is 59.2 Å². The number of aryl methyl sites for hydroxylation is 2. The van der Waals surface area contributed by atoms with E-state index < -0.39 is 0 Å². The van der Waals surface area contributed by atoms with E-state index in [2.05, 4.69) is 31.2 Å². The van der Waals surface area contributed by atoms with Crippen LogP contribution in [-0.2, 0) is 6.42 Å². The Morgan fingerprint density at radius 1 is 1.06 bits per heavy atom. The zero-order chi connectivity index (χ0) is 12.3. The lowest BCUT2D eigenvalue weighted by atomic mass is 9.97. The quantitative estimate of drug-likeness (QED) is 0.719. The van der Waals surface area contributed by atoms with Gasteiger partial charge in [-0.2, -0.15) is 0 Å². The van der Waals surface area contributed by atoms with Gasteiger partial charge in [-0.3, -0.25) is 4.79 Å². The fraction of sp³-hybridized carbons (Fsp3) is 0.188. The lowest BCUT2D eigenvalue weighted by Gasteiger charge is -2.07. The molecule has 0 aliphatic carbocycles. The van der Waals surface area contributed by atoms with Crippen LogP contribution in [0.3, 0.4) is 0 Å². The Bertz CT molecular complexity index is 524. The average molecular weight is 224 g/mol. The smallest absolute Gasteiger partial charge is 0.150 e. The minimum atomic E-state index is 0.759. The lowest BCUT2D eigenvalue weighted by molar-refractivity contribution is 0.112. The van der Waals surface area contributed by atoms with Crippen LogP contribution in [0.2, 0.25) is 0 Å². The van der Waals surface area contributed by atoms with Gasteiger partial charge >= 0.3 is 0 Å². The Morgan fingerprint density at radius 3 is 2.35 bits per heavy atom. The molecule has 0 atom stereocenters. The Morgan fingerprint density at radius 2 is 1.76 bits per heavy atom. The molecule has 0 heterocycles. The molecule has 0 unspecified atom stereocenters. The van der Waals surface area contributed by atoms with Crippen molar-refractivity contribution < 1.29 is 4.79 Å². The van der Waals surface area contributed by atoms with Gasteiger partial charge in [0.2, 0.25) is 0 Å². The molecule has 86 valence electrons. The average Bonchev–Trinajstić information content (AvgIpc) is 2.39. The molecule has 0 saturated carbocycles. The standard InChI is InChI=1S/C16H16O/c1-3-13-5-7-14(8-6-13)16-9-4-12(2)10-15(16)11-17/h4-11H,3H2,1-2H3. The first-order valence-corrected chi connectivity index (χ1v) is 5.89. The third-order valence-corrected chi connectivity index (χ3v) is 3.01. The first-order chi connectivity index (χ1) is 8.24. The van der Waals surface area contributed by atoms with Crippen LogP contribution < -0.4 is 0 Å². The summed E-state index contributed by atoms with van der Waals surface area (Å²) in [6.45, 7) is 4.13. The number of aldehydes is 1. The van der Waals surface area contributed by atoms with Crippen LogP contribution in [-0.4, -0.2) is 6.29 Å². The number of hydrogen-bond donors (Lipinski definition) is 0. The second-order valence-corrected chi connectivity index (χ2v) is 4.26. The summed E-state index contributed by atoms with van der Waals surface area (Å²) >= 11 is 0. The Kier molecular flexibility index (Phi) is 3.38. The molecule has 0 saturated heterocycles. The van der Waals surface area contributed by atoms with Gasteiger partial charge in [-0.05, 0) is 36.1 Å². The molecule has 1 nitrogen and oxygen atoms in total. The van der Waals surface area contributed by atoms with E-state index in [-0.39, 0.29) is 0 Å². The van der Waals surface area contributed by atoms with E-state index in [1.54, 1.807) is 0 Å². The predicted octanol–water partition coefficient (Wildman–Crippen LogP) is 4.04. The maximum Gasteiger partial charge on any atom is 0.150 e. The Labute approximate surface area is 102 Å². The fourth-order valence-electron chi connectivity index (χ4n) is 1.96. The van der Waals surface area contributed by atoms with Gasteiger partial charge in [-0.15, -0.1) is 0 Å². The number of carbonyl (C=O) groups excluding carboxylic acids is 1. The van der Waals surface area contributed by atoms with Crippen LogP contribution >= 0.6 is 0 Å². The summed E-state index contributed by atoms with van der Waals surface area (Å²) in [6.07, 6.45) is 1.96. The van der Waals surface area contributed by atoms with E-state index in [0.717, 1.165) is 35.0 Å². The summed E-state index contributed by atoms with van der Waals surface area (Å²) in [6, 6.07) is 14.4. The highest BCUT2D eigenvalue weighted by molar-refractivity contribution is 5.87. The molecule has 0 amide bonds. The van der Waals surface area contributed by atoms with E-state index in [9.17, 15) is 4.79 Å². The number of hydrogen-bond acceptors (Lipinski definition) is 1. The summed E-state index contributed by atoms with van der Waals surface area (Å²) in [4.78, 5) is 11.1. The van der Waals surface area contributed by atoms with Crippen LogP contribution in [0.1, 0.15) is 28.4 Å². The van der Waals surface area contributed by atoms with Gasteiger partial charge in [0.1, 0.15) is 0 Å². The molecule has 2 rings (SSSR count). The molecular formula is C16H16O. The van der Waals surface area contributed by atoms with Crippen LogP contribution in [0.25, 0.3) is 11.1 Å². The van der Waals surface area contributed by atoms with E-state index in [4.69, 9.17) is 0 Å². The summed E-state index contributed by atoms with van der Waals surface area (Å²) in [5.41, 5.74) is 5.29. The highest BCUT2D eigenvalue weighted by Crippen LogP contribution is 2.24. The molecule has 0 aliphatic heterocycles. The second kappa shape index (κ2) is 4.96. The van der Waals surface area contributed by atoms with Gasteiger partial charge < -0.3 is 0 Å². The van der Waals surface area contributed by atoms with Crippen LogP contribution in [0, 0.1) is 6.92 Å².